The molecule has 9 heteroatoms. The Morgan fingerprint density at radius 2 is 1.87 bits per heavy atom. The Balaban J connectivity index is 1.46. The molecule has 0 unspecified atom stereocenters. The number of benzene rings is 1. The number of nitrogens with one attached hydrogen (secondary N) is 1. The molecule has 1 spiro atoms. The number of carbonyl (C=O) groups is 3. The molecular formula is C21H23ClN4O3S. The maximum absolute atomic E-state index is 13.0. The van der Waals surface area contributed by atoms with Crippen LogP contribution in [0.25, 0.3) is 11.3 Å². The Bertz CT molecular complexity index is 998. The van der Waals surface area contributed by atoms with Crippen LogP contribution < -0.4 is 5.32 Å². The number of halogens is 1. The summed E-state index contributed by atoms with van der Waals surface area (Å²) >= 11 is 7.29. The molecule has 7 nitrogen and oxygen atoms in total. The zero-order valence-corrected chi connectivity index (χ0v) is 18.5. The number of thiazole rings is 1. The van der Waals surface area contributed by atoms with E-state index in [1.165, 1.54) is 16.2 Å². The smallest absolute Gasteiger partial charge is 0.313 e. The monoisotopic (exact) mass is 446 g/mol. The van der Waals surface area contributed by atoms with Gasteiger partial charge in [0.25, 0.3) is 5.91 Å². The summed E-state index contributed by atoms with van der Waals surface area (Å²) in [6.45, 7) is 1.62. The second-order valence-corrected chi connectivity index (χ2v) is 9.44. The molecule has 158 valence electrons. The lowest BCUT2D eigenvalue weighted by Crippen LogP contribution is -2.49. The molecule has 2 aromatic rings. The summed E-state index contributed by atoms with van der Waals surface area (Å²) < 4.78 is 0. The van der Waals surface area contributed by atoms with E-state index in [0.717, 1.165) is 40.3 Å². The van der Waals surface area contributed by atoms with Crippen molar-refractivity contribution in [2.24, 2.45) is 0 Å². The van der Waals surface area contributed by atoms with Gasteiger partial charge in [0, 0.05) is 22.5 Å². The minimum atomic E-state index is -0.783. The number of amides is 4. The van der Waals surface area contributed by atoms with Crippen molar-refractivity contribution in [2.75, 3.05) is 18.9 Å². The SMILES string of the molecule is Cc1sc(NC(=O)CN2C(=O)N(C)C3(CCCCC3)C2=O)nc1-c1ccc(Cl)cc1. The number of hydrogen-bond acceptors (Lipinski definition) is 5. The highest BCUT2D eigenvalue weighted by molar-refractivity contribution is 7.16. The van der Waals surface area contributed by atoms with Gasteiger partial charge in [-0.25, -0.2) is 9.78 Å². The normalized spacial score (nSPS) is 18.4. The zero-order chi connectivity index (χ0) is 21.5. The van der Waals surface area contributed by atoms with Crippen molar-refractivity contribution in [3.63, 3.8) is 0 Å². The molecule has 1 aromatic heterocycles. The van der Waals surface area contributed by atoms with Crippen molar-refractivity contribution >= 4 is 45.9 Å². The molecular weight excluding hydrogens is 424 g/mol. The van der Waals surface area contributed by atoms with Crippen LogP contribution in [-0.2, 0) is 9.59 Å². The average Bonchev–Trinajstić information content (AvgIpc) is 3.17. The van der Waals surface area contributed by atoms with E-state index in [1.54, 1.807) is 19.2 Å². The minimum Gasteiger partial charge on any atom is -0.313 e. The molecule has 2 heterocycles. The summed E-state index contributed by atoms with van der Waals surface area (Å²) in [4.78, 5) is 46.4. The Hall–Kier alpha value is -2.45. The fraction of sp³-hybridized carbons (Fsp3) is 0.429. The predicted molar refractivity (Wildman–Crippen MR) is 117 cm³/mol. The first-order valence-corrected chi connectivity index (χ1v) is 11.1. The summed E-state index contributed by atoms with van der Waals surface area (Å²) in [5, 5.41) is 3.81. The molecule has 1 aromatic carbocycles. The van der Waals surface area contributed by atoms with E-state index in [-0.39, 0.29) is 12.5 Å². The highest BCUT2D eigenvalue weighted by atomic mass is 35.5. The quantitative estimate of drug-likeness (QED) is 0.709. The number of likely N-dealkylation sites (N-methyl/N-ethyl adjacent to an activating group) is 1. The number of anilines is 1. The van der Waals surface area contributed by atoms with Crippen molar-refractivity contribution in [1.82, 2.24) is 14.8 Å². The summed E-state index contributed by atoms with van der Waals surface area (Å²) in [5.41, 5.74) is 0.885. The van der Waals surface area contributed by atoms with Gasteiger partial charge in [-0.15, -0.1) is 11.3 Å². The van der Waals surface area contributed by atoms with E-state index in [0.29, 0.717) is 23.0 Å². The van der Waals surface area contributed by atoms with Crippen molar-refractivity contribution in [1.29, 1.82) is 0 Å². The molecule has 2 aliphatic rings. The summed E-state index contributed by atoms with van der Waals surface area (Å²) in [6, 6.07) is 6.91. The van der Waals surface area contributed by atoms with Gasteiger partial charge >= 0.3 is 6.03 Å². The number of rotatable bonds is 4. The Labute approximate surface area is 184 Å². The second kappa shape index (κ2) is 8.00. The van der Waals surface area contributed by atoms with Crippen molar-refractivity contribution in [3.8, 4) is 11.3 Å². The van der Waals surface area contributed by atoms with Crippen LogP contribution in [0.15, 0.2) is 24.3 Å². The molecule has 1 aliphatic carbocycles. The first-order valence-electron chi connectivity index (χ1n) is 9.95. The summed E-state index contributed by atoms with van der Waals surface area (Å²) in [5.74, 6) is -0.698. The predicted octanol–water partition coefficient (Wildman–Crippen LogP) is 4.31. The number of aryl methyl sites for hydroxylation is 1. The standard InChI is InChI=1S/C21H23ClN4O3S/c1-13-17(14-6-8-15(22)9-7-14)24-19(30-13)23-16(27)12-26-18(28)21(25(2)20(26)29)10-4-3-5-11-21/h6-9H,3-5,10-12H2,1-2H3,(H,23,24,27). The number of aromatic nitrogens is 1. The van der Waals surface area contributed by atoms with Crippen LogP contribution in [0.3, 0.4) is 0 Å². The fourth-order valence-corrected chi connectivity index (χ4v) is 5.28. The Morgan fingerprint density at radius 3 is 2.53 bits per heavy atom. The minimum absolute atomic E-state index is 0.262. The van der Waals surface area contributed by atoms with E-state index in [4.69, 9.17) is 11.6 Å². The van der Waals surface area contributed by atoms with Crippen molar-refractivity contribution in [2.45, 2.75) is 44.6 Å². The summed E-state index contributed by atoms with van der Waals surface area (Å²) in [7, 11) is 1.66. The molecule has 1 saturated heterocycles. The highest BCUT2D eigenvalue weighted by Crippen LogP contribution is 2.39. The van der Waals surface area contributed by atoms with Gasteiger partial charge in [-0.3, -0.25) is 14.5 Å². The van der Waals surface area contributed by atoms with E-state index < -0.39 is 17.5 Å². The molecule has 1 N–H and O–H groups in total. The first-order chi connectivity index (χ1) is 14.3. The molecule has 0 radical (unpaired) electrons. The zero-order valence-electron chi connectivity index (χ0n) is 16.9. The van der Waals surface area contributed by atoms with Gasteiger partial charge in [-0.1, -0.05) is 43.0 Å². The maximum atomic E-state index is 13.0. The van der Waals surface area contributed by atoms with Crippen LogP contribution in [0.5, 0.6) is 0 Å². The largest absolute Gasteiger partial charge is 0.327 e. The number of hydrogen-bond donors (Lipinski definition) is 1. The van der Waals surface area contributed by atoms with Crippen LogP contribution in [0, 0.1) is 6.92 Å². The van der Waals surface area contributed by atoms with E-state index in [2.05, 4.69) is 10.3 Å². The van der Waals surface area contributed by atoms with E-state index in [1.807, 2.05) is 19.1 Å². The Kier molecular flexibility index (Phi) is 5.55. The average molecular weight is 447 g/mol. The number of nitrogens with zero attached hydrogens (tertiary/aromatic N) is 3. The molecule has 1 saturated carbocycles. The lowest BCUT2D eigenvalue weighted by molar-refractivity contribution is -0.136. The molecule has 2 fully saturated rings. The fourth-order valence-electron chi connectivity index (χ4n) is 4.30. The molecule has 1 aliphatic heterocycles. The molecule has 0 bridgehead atoms. The van der Waals surface area contributed by atoms with Gasteiger partial charge in [0.1, 0.15) is 12.1 Å². The molecule has 4 amide bonds. The molecule has 0 atom stereocenters. The van der Waals surface area contributed by atoms with Gasteiger partial charge in [-0.2, -0.15) is 0 Å². The van der Waals surface area contributed by atoms with Crippen molar-refractivity contribution in [3.05, 3.63) is 34.2 Å². The van der Waals surface area contributed by atoms with Crippen LogP contribution in [-0.4, -0.2) is 51.8 Å². The highest BCUT2D eigenvalue weighted by Gasteiger charge is 2.55. The van der Waals surface area contributed by atoms with Crippen LogP contribution in [0.1, 0.15) is 37.0 Å². The van der Waals surface area contributed by atoms with Crippen LogP contribution in [0.4, 0.5) is 9.93 Å². The number of urea groups is 1. The third-order valence-corrected chi connectivity index (χ3v) is 7.08. The lowest BCUT2D eigenvalue weighted by atomic mass is 9.81. The van der Waals surface area contributed by atoms with Gasteiger partial charge in [0.15, 0.2) is 5.13 Å². The number of carbonyl (C=O) groups excluding carboxylic acids is 3. The Morgan fingerprint density at radius 1 is 1.20 bits per heavy atom. The van der Waals surface area contributed by atoms with Gasteiger partial charge in [0.2, 0.25) is 5.91 Å². The van der Waals surface area contributed by atoms with Crippen molar-refractivity contribution < 1.29 is 14.4 Å². The van der Waals surface area contributed by atoms with Gasteiger partial charge < -0.3 is 10.2 Å². The van der Waals surface area contributed by atoms with Gasteiger partial charge in [-0.05, 0) is 31.9 Å². The third-order valence-electron chi connectivity index (χ3n) is 5.95. The second-order valence-electron chi connectivity index (χ2n) is 7.80. The van der Waals surface area contributed by atoms with Gasteiger partial charge in [0.05, 0.1) is 5.69 Å². The topological polar surface area (TPSA) is 82.6 Å². The van der Waals surface area contributed by atoms with E-state index in [9.17, 15) is 14.4 Å². The maximum Gasteiger partial charge on any atom is 0.327 e. The molecule has 30 heavy (non-hydrogen) atoms. The third kappa shape index (κ3) is 3.58. The summed E-state index contributed by atoms with van der Waals surface area (Å²) in [6.07, 6.45) is 4.20. The first kappa shape index (κ1) is 20.8. The molecule has 4 rings (SSSR count). The lowest BCUT2D eigenvalue weighted by Gasteiger charge is -2.35. The van der Waals surface area contributed by atoms with E-state index >= 15 is 0 Å². The number of imide groups is 1. The van der Waals surface area contributed by atoms with Crippen LogP contribution >= 0.6 is 22.9 Å². The van der Waals surface area contributed by atoms with Crippen LogP contribution in [0.2, 0.25) is 5.02 Å².